The maximum absolute atomic E-state index is 5.80. The van der Waals surface area contributed by atoms with Crippen molar-refractivity contribution in [3.8, 4) is 0 Å². The zero-order valence-corrected chi connectivity index (χ0v) is 14.8. The molecule has 0 aromatic carbocycles. The summed E-state index contributed by atoms with van der Waals surface area (Å²) in [6, 6.07) is 0. The molecule has 0 aliphatic heterocycles. The van der Waals surface area contributed by atoms with Gasteiger partial charge in [0.2, 0.25) is 0 Å². The van der Waals surface area contributed by atoms with Crippen molar-refractivity contribution in [1.82, 2.24) is 0 Å². The van der Waals surface area contributed by atoms with Gasteiger partial charge in [0, 0.05) is 20.3 Å². The Morgan fingerprint density at radius 1 is 0.773 bits per heavy atom. The van der Waals surface area contributed by atoms with E-state index in [0.717, 1.165) is 49.9 Å². The van der Waals surface area contributed by atoms with E-state index in [2.05, 4.69) is 19.1 Å². The SMILES string of the molecule is CC/C=C\COCC1CCC([C@H]2CC[C@H](COC)CC2)CC1. The Kier molecular flexibility index (Phi) is 8.54. The maximum atomic E-state index is 5.80. The fourth-order valence-corrected chi connectivity index (χ4v) is 4.43. The summed E-state index contributed by atoms with van der Waals surface area (Å²) in [7, 11) is 1.84. The molecule has 0 atom stereocenters. The van der Waals surface area contributed by atoms with E-state index in [9.17, 15) is 0 Å². The predicted molar refractivity (Wildman–Crippen MR) is 93.0 cm³/mol. The normalized spacial score (nSPS) is 33.4. The number of ether oxygens (including phenoxy) is 2. The molecule has 0 unspecified atom stereocenters. The largest absolute Gasteiger partial charge is 0.384 e. The molecular formula is C20H36O2. The molecule has 2 aliphatic rings. The molecule has 0 amide bonds. The van der Waals surface area contributed by atoms with E-state index in [0.29, 0.717) is 0 Å². The van der Waals surface area contributed by atoms with Crippen LogP contribution < -0.4 is 0 Å². The van der Waals surface area contributed by atoms with Crippen molar-refractivity contribution in [2.45, 2.75) is 64.7 Å². The second kappa shape index (κ2) is 10.4. The van der Waals surface area contributed by atoms with Gasteiger partial charge in [0.25, 0.3) is 0 Å². The van der Waals surface area contributed by atoms with Crippen molar-refractivity contribution in [3.63, 3.8) is 0 Å². The predicted octanol–water partition coefficient (Wildman–Crippen LogP) is 5.23. The lowest BCUT2D eigenvalue weighted by molar-refractivity contribution is 0.0685. The summed E-state index contributed by atoms with van der Waals surface area (Å²) in [4.78, 5) is 0. The van der Waals surface area contributed by atoms with E-state index in [-0.39, 0.29) is 0 Å². The monoisotopic (exact) mass is 308 g/mol. The van der Waals surface area contributed by atoms with Crippen LogP contribution in [0, 0.1) is 23.7 Å². The van der Waals surface area contributed by atoms with Crippen LogP contribution in [-0.2, 0) is 9.47 Å². The first kappa shape index (κ1) is 18.0. The molecule has 2 fully saturated rings. The summed E-state index contributed by atoms with van der Waals surface area (Å²) in [5, 5.41) is 0. The van der Waals surface area contributed by atoms with Crippen LogP contribution in [0.25, 0.3) is 0 Å². The van der Waals surface area contributed by atoms with Gasteiger partial charge in [-0.05, 0) is 81.5 Å². The van der Waals surface area contributed by atoms with Crippen LogP contribution in [0.4, 0.5) is 0 Å². The molecule has 2 aliphatic carbocycles. The molecule has 128 valence electrons. The van der Waals surface area contributed by atoms with Crippen molar-refractivity contribution in [2.75, 3.05) is 26.9 Å². The highest BCUT2D eigenvalue weighted by Crippen LogP contribution is 2.41. The standard InChI is InChI=1S/C20H36O2/c1-3-4-5-14-22-16-18-8-12-20(13-9-18)19-10-6-17(7-11-19)15-21-2/h4-5,17-20H,3,6-16H2,1-2H3/b5-4-/t17-,18?,19-,20?. The maximum Gasteiger partial charge on any atom is 0.0647 e. The highest BCUT2D eigenvalue weighted by atomic mass is 16.5. The van der Waals surface area contributed by atoms with Crippen molar-refractivity contribution < 1.29 is 9.47 Å². The number of hydrogen-bond acceptors (Lipinski definition) is 2. The topological polar surface area (TPSA) is 18.5 Å². The molecule has 0 spiro atoms. The molecule has 2 saturated carbocycles. The lowest BCUT2D eigenvalue weighted by atomic mass is 9.69. The highest BCUT2D eigenvalue weighted by Gasteiger charge is 2.30. The first-order valence-corrected chi connectivity index (χ1v) is 9.55. The second-order valence-corrected chi connectivity index (χ2v) is 7.43. The van der Waals surface area contributed by atoms with Crippen LogP contribution in [0.15, 0.2) is 12.2 Å². The van der Waals surface area contributed by atoms with Gasteiger partial charge < -0.3 is 9.47 Å². The number of rotatable bonds is 8. The average molecular weight is 309 g/mol. The van der Waals surface area contributed by atoms with Crippen molar-refractivity contribution >= 4 is 0 Å². The molecule has 0 bridgehead atoms. The lowest BCUT2D eigenvalue weighted by Gasteiger charge is -2.37. The third-order valence-corrected chi connectivity index (χ3v) is 5.82. The van der Waals surface area contributed by atoms with Gasteiger partial charge in [0.15, 0.2) is 0 Å². The zero-order valence-electron chi connectivity index (χ0n) is 14.8. The Labute approximate surface area is 137 Å². The molecule has 2 heteroatoms. The van der Waals surface area contributed by atoms with Gasteiger partial charge in [-0.2, -0.15) is 0 Å². The van der Waals surface area contributed by atoms with Gasteiger partial charge in [-0.15, -0.1) is 0 Å². The third kappa shape index (κ3) is 6.04. The molecular weight excluding hydrogens is 272 g/mol. The zero-order chi connectivity index (χ0) is 15.6. The molecule has 0 N–H and O–H groups in total. The molecule has 0 radical (unpaired) electrons. The minimum atomic E-state index is 0.803. The first-order chi connectivity index (χ1) is 10.8. The van der Waals surface area contributed by atoms with Crippen LogP contribution >= 0.6 is 0 Å². The van der Waals surface area contributed by atoms with Crippen LogP contribution in [0.3, 0.4) is 0 Å². The fraction of sp³-hybridized carbons (Fsp3) is 0.900. The van der Waals surface area contributed by atoms with Crippen molar-refractivity contribution in [2.24, 2.45) is 23.7 Å². The number of allylic oxidation sites excluding steroid dienone is 1. The molecule has 0 saturated heterocycles. The first-order valence-electron chi connectivity index (χ1n) is 9.55. The Morgan fingerprint density at radius 3 is 1.82 bits per heavy atom. The summed E-state index contributed by atoms with van der Waals surface area (Å²) in [6.07, 6.45) is 16.8. The van der Waals surface area contributed by atoms with E-state index in [1.165, 1.54) is 51.4 Å². The second-order valence-electron chi connectivity index (χ2n) is 7.43. The summed E-state index contributed by atoms with van der Waals surface area (Å²) in [5.41, 5.74) is 0. The van der Waals surface area contributed by atoms with Gasteiger partial charge >= 0.3 is 0 Å². The summed E-state index contributed by atoms with van der Waals surface area (Å²) >= 11 is 0. The minimum Gasteiger partial charge on any atom is -0.384 e. The van der Waals surface area contributed by atoms with Crippen LogP contribution in [-0.4, -0.2) is 26.9 Å². The number of hydrogen-bond donors (Lipinski definition) is 0. The van der Waals surface area contributed by atoms with E-state index in [1.54, 1.807) is 0 Å². The average Bonchev–Trinajstić information content (AvgIpc) is 2.56. The highest BCUT2D eigenvalue weighted by molar-refractivity contribution is 4.83. The Balaban J connectivity index is 1.58. The summed E-state index contributed by atoms with van der Waals surface area (Å²) in [5.74, 6) is 3.65. The van der Waals surface area contributed by atoms with E-state index in [4.69, 9.17) is 9.47 Å². The molecule has 0 heterocycles. The van der Waals surface area contributed by atoms with Gasteiger partial charge in [0.05, 0.1) is 6.61 Å². The van der Waals surface area contributed by atoms with Crippen molar-refractivity contribution in [3.05, 3.63) is 12.2 Å². The number of methoxy groups -OCH3 is 1. The summed E-state index contributed by atoms with van der Waals surface area (Å²) < 4.78 is 11.1. The van der Waals surface area contributed by atoms with Crippen LogP contribution in [0.2, 0.25) is 0 Å². The Morgan fingerprint density at radius 2 is 1.32 bits per heavy atom. The van der Waals surface area contributed by atoms with Gasteiger partial charge in [0.1, 0.15) is 0 Å². The lowest BCUT2D eigenvalue weighted by Crippen LogP contribution is -2.28. The fourth-order valence-electron chi connectivity index (χ4n) is 4.43. The molecule has 2 rings (SSSR count). The Bertz CT molecular complexity index is 297. The Hall–Kier alpha value is -0.340. The molecule has 0 aromatic heterocycles. The van der Waals surface area contributed by atoms with Gasteiger partial charge in [-0.3, -0.25) is 0 Å². The van der Waals surface area contributed by atoms with Gasteiger partial charge in [-0.25, -0.2) is 0 Å². The van der Waals surface area contributed by atoms with Gasteiger partial charge in [-0.1, -0.05) is 19.1 Å². The minimum absolute atomic E-state index is 0.803. The molecule has 22 heavy (non-hydrogen) atoms. The van der Waals surface area contributed by atoms with Crippen LogP contribution in [0.5, 0.6) is 0 Å². The quantitative estimate of drug-likeness (QED) is 0.451. The third-order valence-electron chi connectivity index (χ3n) is 5.82. The molecule has 0 aromatic rings. The van der Waals surface area contributed by atoms with E-state index < -0.39 is 0 Å². The van der Waals surface area contributed by atoms with E-state index in [1.807, 2.05) is 7.11 Å². The smallest absolute Gasteiger partial charge is 0.0647 e. The van der Waals surface area contributed by atoms with Crippen molar-refractivity contribution in [1.29, 1.82) is 0 Å². The van der Waals surface area contributed by atoms with E-state index >= 15 is 0 Å². The van der Waals surface area contributed by atoms with Crippen LogP contribution in [0.1, 0.15) is 64.7 Å². The molecule has 2 nitrogen and oxygen atoms in total. The summed E-state index contributed by atoms with van der Waals surface area (Å²) in [6.45, 7) is 4.92.